The zero-order chi connectivity index (χ0) is 17.1. The lowest BCUT2D eigenvalue weighted by Gasteiger charge is -2.51. The van der Waals surface area contributed by atoms with Gasteiger partial charge in [0.15, 0.2) is 0 Å². The van der Waals surface area contributed by atoms with Crippen LogP contribution in [0.2, 0.25) is 0 Å². The van der Waals surface area contributed by atoms with Crippen LogP contribution in [0, 0.1) is 0 Å². The lowest BCUT2D eigenvalue weighted by molar-refractivity contribution is 0.0476. The van der Waals surface area contributed by atoms with E-state index in [0.29, 0.717) is 12.0 Å². The molecule has 3 aromatic carbocycles. The number of rotatable bonds is 5. The van der Waals surface area contributed by atoms with Crippen molar-refractivity contribution in [1.29, 1.82) is 0 Å². The molecule has 3 atom stereocenters. The molecule has 4 rings (SSSR count). The van der Waals surface area contributed by atoms with Gasteiger partial charge in [-0.2, -0.15) is 0 Å². The first kappa shape index (κ1) is 16.4. The Morgan fingerprint density at radius 1 is 0.800 bits per heavy atom. The molecule has 0 saturated carbocycles. The minimum atomic E-state index is -0.0103. The Balaban J connectivity index is 1.60. The third-order valence-electron chi connectivity index (χ3n) is 5.14. The summed E-state index contributed by atoms with van der Waals surface area (Å²) in [6.07, 6.45) is 0. The molecule has 126 valence electrons. The van der Waals surface area contributed by atoms with E-state index in [2.05, 4.69) is 89.8 Å². The fourth-order valence-electron chi connectivity index (χ4n) is 3.81. The summed E-state index contributed by atoms with van der Waals surface area (Å²) in [6.45, 7) is 2.00. The molecule has 0 amide bonds. The highest BCUT2D eigenvalue weighted by molar-refractivity contribution is 6.21. The number of halogens is 1. The first-order chi connectivity index (χ1) is 12.3. The molecule has 0 aromatic heterocycles. The molecule has 25 heavy (non-hydrogen) atoms. The Morgan fingerprint density at radius 3 is 2.00 bits per heavy atom. The topological polar surface area (TPSA) is 3.24 Å². The quantitative estimate of drug-likeness (QED) is 0.540. The molecule has 0 N–H and O–H groups in total. The van der Waals surface area contributed by atoms with Crippen LogP contribution in [0.5, 0.6) is 0 Å². The smallest absolute Gasteiger partial charge is 0.0747 e. The molecule has 2 heteroatoms. The van der Waals surface area contributed by atoms with Gasteiger partial charge in [-0.05, 0) is 16.7 Å². The molecule has 0 radical (unpaired) electrons. The summed E-state index contributed by atoms with van der Waals surface area (Å²) in [5, 5.41) is -0.0103. The summed E-state index contributed by atoms with van der Waals surface area (Å²) < 4.78 is 0. The average Bonchev–Trinajstić information content (AvgIpc) is 2.67. The van der Waals surface area contributed by atoms with Gasteiger partial charge in [0.25, 0.3) is 0 Å². The van der Waals surface area contributed by atoms with Crippen LogP contribution < -0.4 is 0 Å². The number of alkyl halides is 1. The number of hydrogen-bond donors (Lipinski definition) is 0. The fraction of sp³-hybridized carbons (Fsp3) is 0.217. The van der Waals surface area contributed by atoms with Gasteiger partial charge in [-0.3, -0.25) is 4.90 Å². The standard InChI is InChI=1S/C23H22ClN/c24-22(20-14-8-3-9-15-20)23-21(19-12-6-2-7-13-19)17-25(23)16-18-10-4-1-5-11-18/h1-15,21-23H,16-17H2/t21-,22+,23+/m0/s1. The van der Waals surface area contributed by atoms with E-state index in [1.54, 1.807) is 0 Å². The molecule has 0 spiro atoms. The molecule has 1 heterocycles. The molecule has 1 nitrogen and oxygen atoms in total. The van der Waals surface area contributed by atoms with Gasteiger partial charge >= 0.3 is 0 Å². The van der Waals surface area contributed by atoms with Crippen LogP contribution in [0.1, 0.15) is 28.0 Å². The molecule has 1 fully saturated rings. The predicted molar refractivity (Wildman–Crippen MR) is 105 cm³/mol. The first-order valence-electron chi connectivity index (χ1n) is 8.85. The lowest BCUT2D eigenvalue weighted by atomic mass is 9.78. The third-order valence-corrected chi connectivity index (χ3v) is 5.65. The molecule has 0 bridgehead atoms. The second-order valence-corrected chi connectivity index (χ2v) is 7.21. The highest BCUT2D eigenvalue weighted by atomic mass is 35.5. The van der Waals surface area contributed by atoms with Gasteiger partial charge in [-0.1, -0.05) is 91.0 Å². The molecular weight excluding hydrogens is 326 g/mol. The van der Waals surface area contributed by atoms with Crippen LogP contribution in [-0.4, -0.2) is 17.5 Å². The van der Waals surface area contributed by atoms with Gasteiger partial charge in [0.2, 0.25) is 0 Å². The summed E-state index contributed by atoms with van der Waals surface area (Å²) in [7, 11) is 0. The van der Waals surface area contributed by atoms with Gasteiger partial charge < -0.3 is 0 Å². The van der Waals surface area contributed by atoms with Crippen molar-refractivity contribution >= 4 is 11.6 Å². The van der Waals surface area contributed by atoms with Crippen molar-refractivity contribution in [3.05, 3.63) is 108 Å². The number of likely N-dealkylation sites (tertiary alicyclic amines) is 1. The van der Waals surface area contributed by atoms with E-state index in [9.17, 15) is 0 Å². The first-order valence-corrected chi connectivity index (χ1v) is 9.28. The van der Waals surface area contributed by atoms with Crippen molar-refractivity contribution in [2.24, 2.45) is 0 Å². The molecule has 1 aliphatic rings. The Bertz CT molecular complexity index is 747. The monoisotopic (exact) mass is 347 g/mol. The second kappa shape index (κ2) is 7.43. The molecule has 0 aliphatic carbocycles. The van der Waals surface area contributed by atoms with Crippen LogP contribution in [0.25, 0.3) is 0 Å². The van der Waals surface area contributed by atoms with Crippen LogP contribution >= 0.6 is 11.6 Å². The summed E-state index contributed by atoms with van der Waals surface area (Å²) in [5.41, 5.74) is 3.93. The number of hydrogen-bond acceptors (Lipinski definition) is 1. The highest BCUT2D eigenvalue weighted by Crippen LogP contribution is 2.44. The van der Waals surface area contributed by atoms with E-state index >= 15 is 0 Å². The average molecular weight is 348 g/mol. The summed E-state index contributed by atoms with van der Waals surface area (Å²) >= 11 is 6.97. The minimum Gasteiger partial charge on any atom is -0.293 e. The molecular formula is C23H22ClN. The van der Waals surface area contributed by atoms with Crippen LogP contribution in [0.4, 0.5) is 0 Å². The maximum Gasteiger partial charge on any atom is 0.0747 e. The number of benzene rings is 3. The van der Waals surface area contributed by atoms with Crippen LogP contribution in [0.15, 0.2) is 91.0 Å². The normalized spacial score (nSPS) is 21.5. The van der Waals surface area contributed by atoms with E-state index in [1.807, 2.05) is 6.07 Å². The molecule has 0 unspecified atom stereocenters. The van der Waals surface area contributed by atoms with Gasteiger partial charge in [0.1, 0.15) is 0 Å². The maximum atomic E-state index is 6.97. The zero-order valence-electron chi connectivity index (χ0n) is 14.1. The summed E-state index contributed by atoms with van der Waals surface area (Å²) in [6, 6.07) is 32.2. The van der Waals surface area contributed by atoms with E-state index in [-0.39, 0.29) is 5.38 Å². The maximum absolute atomic E-state index is 6.97. The lowest BCUT2D eigenvalue weighted by Crippen LogP contribution is -2.55. The van der Waals surface area contributed by atoms with E-state index in [4.69, 9.17) is 11.6 Å². The van der Waals surface area contributed by atoms with Gasteiger partial charge in [-0.15, -0.1) is 11.6 Å². The van der Waals surface area contributed by atoms with Gasteiger partial charge in [0, 0.05) is 25.0 Å². The van der Waals surface area contributed by atoms with E-state index < -0.39 is 0 Å². The van der Waals surface area contributed by atoms with Gasteiger partial charge in [0.05, 0.1) is 5.38 Å². The predicted octanol–water partition coefficient (Wildman–Crippen LogP) is 5.63. The Labute approximate surface area is 154 Å². The number of nitrogens with zero attached hydrogens (tertiary/aromatic N) is 1. The van der Waals surface area contributed by atoms with Crippen molar-refractivity contribution in [1.82, 2.24) is 4.90 Å². The Morgan fingerprint density at radius 2 is 1.36 bits per heavy atom. The summed E-state index contributed by atoms with van der Waals surface area (Å²) in [4.78, 5) is 2.51. The largest absolute Gasteiger partial charge is 0.293 e. The zero-order valence-corrected chi connectivity index (χ0v) is 14.9. The molecule has 1 aliphatic heterocycles. The third kappa shape index (κ3) is 3.49. The van der Waals surface area contributed by atoms with E-state index in [1.165, 1.54) is 16.7 Å². The highest BCUT2D eigenvalue weighted by Gasteiger charge is 2.44. The minimum absolute atomic E-state index is 0.0103. The van der Waals surface area contributed by atoms with Crippen molar-refractivity contribution in [3.63, 3.8) is 0 Å². The van der Waals surface area contributed by atoms with E-state index in [0.717, 1.165) is 13.1 Å². The molecule has 1 saturated heterocycles. The fourth-order valence-corrected chi connectivity index (χ4v) is 4.29. The SMILES string of the molecule is Cl[C@H](c1ccccc1)[C@H]1[C@H](c2ccccc2)CN1Cc1ccccc1. The second-order valence-electron chi connectivity index (χ2n) is 6.74. The summed E-state index contributed by atoms with van der Waals surface area (Å²) in [5.74, 6) is 0.479. The van der Waals surface area contributed by atoms with Crippen molar-refractivity contribution < 1.29 is 0 Å². The van der Waals surface area contributed by atoms with Crippen molar-refractivity contribution in [2.45, 2.75) is 23.9 Å². The Kier molecular flexibility index (Phi) is 4.87. The molecule has 3 aromatic rings. The van der Waals surface area contributed by atoms with Crippen molar-refractivity contribution in [3.8, 4) is 0 Å². The van der Waals surface area contributed by atoms with Gasteiger partial charge in [-0.25, -0.2) is 0 Å². The van der Waals surface area contributed by atoms with Crippen LogP contribution in [-0.2, 0) is 6.54 Å². The van der Waals surface area contributed by atoms with Crippen LogP contribution in [0.3, 0.4) is 0 Å². The Hall–Kier alpha value is -2.09. The van der Waals surface area contributed by atoms with Crippen molar-refractivity contribution in [2.75, 3.05) is 6.54 Å².